The van der Waals surface area contributed by atoms with Crippen molar-refractivity contribution in [1.82, 2.24) is 4.90 Å². The number of carbonyl (C=O) groups is 5. The number of allylic oxidation sites excluding steroid dienone is 6. The van der Waals surface area contributed by atoms with Crippen LogP contribution in [0.3, 0.4) is 0 Å². The maximum atomic E-state index is 14.6. The standard InChI is InChI=1S/C58H91NO16/c1-36-16-12-11-13-17-37(2)49(73-35-45-34-70-25-27-71-45)32-44-21-19-42(7)58(66,75-44)55(63)56(64)59-23-15-14-18-46(59)57(65)74-50(39(4)30-43-20-22-48(51(31-43)68-9)72-26-24-67-8)33-47(60)38(3)29-41(6)53(62)54(69-10)52(61)40(5)28-36/h11-13,16-17,29,36,38-40,42-46,48-51,53-54,62,66H,14-15,18-28,30-35H2,1-10H3/t36-,38-,39-,40-,42-,43+,44+,45-,46+,48-,49+,50+,51-,53-,54+,58-/m1/s1. The molecule has 0 aromatic rings. The number of hydrogen-bond acceptors (Lipinski definition) is 16. The molecule has 424 valence electrons. The van der Waals surface area contributed by atoms with Gasteiger partial charge < -0.3 is 57.7 Å². The molecule has 1 aliphatic carbocycles. The highest BCUT2D eigenvalue weighted by Gasteiger charge is 2.53. The number of ketones is 3. The van der Waals surface area contributed by atoms with E-state index in [1.54, 1.807) is 41.1 Å². The van der Waals surface area contributed by atoms with Crippen LogP contribution in [0.5, 0.6) is 0 Å². The highest BCUT2D eigenvalue weighted by Crippen LogP contribution is 2.38. The molecule has 0 unspecified atom stereocenters. The van der Waals surface area contributed by atoms with E-state index in [1.807, 2.05) is 58.1 Å². The Morgan fingerprint density at radius 2 is 1.61 bits per heavy atom. The van der Waals surface area contributed by atoms with Gasteiger partial charge in [-0.15, -0.1) is 0 Å². The van der Waals surface area contributed by atoms with Crippen molar-refractivity contribution < 1.29 is 76.8 Å². The summed E-state index contributed by atoms with van der Waals surface area (Å²) < 4.78 is 53.4. The third-order valence-electron chi connectivity index (χ3n) is 16.2. The van der Waals surface area contributed by atoms with E-state index in [2.05, 4.69) is 0 Å². The Bertz CT molecular complexity index is 1980. The van der Waals surface area contributed by atoms with Gasteiger partial charge in [0.25, 0.3) is 11.7 Å². The number of cyclic esters (lactones) is 1. The zero-order valence-electron chi connectivity index (χ0n) is 46.6. The van der Waals surface area contributed by atoms with E-state index >= 15 is 0 Å². The third kappa shape index (κ3) is 17.8. The van der Waals surface area contributed by atoms with Gasteiger partial charge in [-0.3, -0.25) is 19.2 Å². The highest BCUT2D eigenvalue weighted by atomic mass is 16.6. The highest BCUT2D eigenvalue weighted by molar-refractivity contribution is 6.39. The minimum Gasteiger partial charge on any atom is -0.460 e. The summed E-state index contributed by atoms with van der Waals surface area (Å²) in [4.78, 5) is 73.0. The van der Waals surface area contributed by atoms with Crippen LogP contribution >= 0.6 is 0 Å². The number of aliphatic hydroxyl groups excluding tert-OH is 1. The predicted molar refractivity (Wildman–Crippen MR) is 280 cm³/mol. The zero-order chi connectivity index (χ0) is 54.8. The Balaban J connectivity index is 1.47. The SMILES string of the molecule is COCCO[C@@H]1CC[C@@H](C[C@@H](C)[C@@H]2CC(=O)[C@H](C)C=C(C)[C@@H](O)[C@@H](OC)C(=O)[C@H](C)C[C@H](C)C=CC=CC=C(C)[C@@H](OC[C@H]3COCCO3)C[C@@H]3CC[C@@H](C)[C@@](O)(O3)C(=O)C(=O)N3CCCC[C@H]3C(=O)O2)C[C@H]1OC. The second-order valence-electron chi connectivity index (χ2n) is 22.1. The summed E-state index contributed by atoms with van der Waals surface area (Å²) in [7, 11) is 4.68. The van der Waals surface area contributed by atoms with Gasteiger partial charge in [-0.2, -0.15) is 0 Å². The summed E-state index contributed by atoms with van der Waals surface area (Å²) in [6, 6.07) is -1.16. The fourth-order valence-corrected chi connectivity index (χ4v) is 11.3. The van der Waals surface area contributed by atoms with Gasteiger partial charge in [0.1, 0.15) is 36.2 Å². The molecule has 17 nitrogen and oxygen atoms in total. The van der Waals surface area contributed by atoms with Crippen LogP contribution in [0.1, 0.15) is 126 Å². The van der Waals surface area contributed by atoms with Crippen molar-refractivity contribution in [2.45, 2.75) is 186 Å². The molecule has 2 N–H and O–H groups in total. The number of amides is 1. The Hall–Kier alpha value is -3.49. The molecule has 1 saturated carbocycles. The first-order chi connectivity index (χ1) is 35.8. The molecule has 4 aliphatic heterocycles. The maximum Gasteiger partial charge on any atom is 0.329 e. The number of ether oxygens (including phenoxy) is 9. The van der Waals surface area contributed by atoms with Crippen molar-refractivity contribution in [3.63, 3.8) is 0 Å². The van der Waals surface area contributed by atoms with Crippen LogP contribution in [0.25, 0.3) is 0 Å². The number of aliphatic hydroxyl groups is 2. The lowest BCUT2D eigenvalue weighted by molar-refractivity contribution is -0.266. The van der Waals surface area contributed by atoms with Crippen LogP contribution in [-0.4, -0.2) is 173 Å². The lowest BCUT2D eigenvalue weighted by Crippen LogP contribution is -2.61. The first-order valence-electron chi connectivity index (χ1n) is 27.7. The van der Waals surface area contributed by atoms with E-state index in [-0.39, 0.29) is 80.0 Å². The van der Waals surface area contributed by atoms with Crippen LogP contribution in [0.15, 0.2) is 47.6 Å². The summed E-state index contributed by atoms with van der Waals surface area (Å²) in [5.74, 6) is -8.06. The van der Waals surface area contributed by atoms with E-state index in [1.165, 1.54) is 12.0 Å². The van der Waals surface area contributed by atoms with Gasteiger partial charge in [-0.25, -0.2) is 4.79 Å². The van der Waals surface area contributed by atoms with E-state index in [9.17, 15) is 34.2 Å². The molecular formula is C58H91NO16. The lowest BCUT2D eigenvalue weighted by Gasteiger charge is -2.43. The Labute approximate surface area is 446 Å². The number of piperidine rings is 1. The Morgan fingerprint density at radius 1 is 0.840 bits per heavy atom. The number of esters is 1. The van der Waals surface area contributed by atoms with E-state index in [0.717, 1.165) is 18.4 Å². The summed E-state index contributed by atoms with van der Waals surface area (Å²) >= 11 is 0. The van der Waals surface area contributed by atoms with Crippen LogP contribution in [0.2, 0.25) is 0 Å². The fraction of sp³-hybridized carbons (Fsp3) is 0.776. The summed E-state index contributed by atoms with van der Waals surface area (Å²) in [5.41, 5.74) is 1.24. The molecule has 0 spiro atoms. The molecule has 75 heavy (non-hydrogen) atoms. The van der Waals surface area contributed by atoms with Gasteiger partial charge in [-0.05, 0) is 107 Å². The molecule has 2 bridgehead atoms. The van der Waals surface area contributed by atoms with Crippen LogP contribution in [0.4, 0.5) is 0 Å². The fourth-order valence-electron chi connectivity index (χ4n) is 11.3. The second kappa shape index (κ2) is 30.6. The number of methoxy groups -OCH3 is 3. The number of rotatable bonds is 12. The van der Waals surface area contributed by atoms with Crippen molar-refractivity contribution in [2.75, 3.05) is 67.5 Å². The molecule has 1 amide bonds. The Kier molecular flexibility index (Phi) is 25.4. The largest absolute Gasteiger partial charge is 0.460 e. The quantitative estimate of drug-likeness (QED) is 0.0908. The third-order valence-corrected chi connectivity index (χ3v) is 16.2. The first kappa shape index (κ1) is 62.4. The monoisotopic (exact) mass is 1060 g/mol. The second-order valence-corrected chi connectivity index (χ2v) is 22.1. The molecule has 4 fully saturated rings. The first-order valence-corrected chi connectivity index (χ1v) is 27.7. The van der Waals surface area contributed by atoms with Crippen molar-refractivity contribution in [1.29, 1.82) is 0 Å². The molecule has 0 radical (unpaired) electrons. The topological polar surface area (TPSA) is 212 Å². The number of fused-ring (bicyclic) bond motifs is 3. The van der Waals surface area contributed by atoms with Crippen molar-refractivity contribution >= 4 is 29.2 Å². The number of Topliss-reactive ketones (excluding diaryl/α,β-unsaturated/α-hetero) is 3. The molecule has 3 saturated heterocycles. The number of nitrogens with zero attached hydrogens (tertiary/aromatic N) is 1. The molecule has 16 atom stereocenters. The molecule has 0 aromatic carbocycles. The molecule has 4 heterocycles. The van der Waals surface area contributed by atoms with Crippen molar-refractivity contribution in [2.24, 2.45) is 35.5 Å². The molecule has 0 aromatic heterocycles. The van der Waals surface area contributed by atoms with Crippen LogP contribution in [-0.2, 0) is 66.6 Å². The van der Waals surface area contributed by atoms with E-state index in [4.69, 9.17) is 42.6 Å². The molecular weight excluding hydrogens is 967 g/mol. The number of carbonyl (C=O) groups excluding carboxylic acids is 5. The lowest BCUT2D eigenvalue weighted by atomic mass is 9.78. The summed E-state index contributed by atoms with van der Waals surface area (Å²) in [6.45, 7) is 15.3. The van der Waals surface area contributed by atoms with Crippen LogP contribution < -0.4 is 0 Å². The van der Waals surface area contributed by atoms with Crippen molar-refractivity contribution in [3.05, 3.63) is 47.6 Å². The van der Waals surface area contributed by atoms with Crippen LogP contribution in [0, 0.1) is 35.5 Å². The summed E-state index contributed by atoms with van der Waals surface area (Å²) in [6.07, 6.45) is 11.7. The average Bonchev–Trinajstić information content (AvgIpc) is 3.40. The van der Waals surface area contributed by atoms with E-state index < -0.39 is 77.8 Å². The molecule has 5 rings (SSSR count). The maximum absolute atomic E-state index is 14.6. The van der Waals surface area contributed by atoms with Gasteiger partial charge in [0.15, 0.2) is 5.78 Å². The average molecular weight is 1060 g/mol. The Morgan fingerprint density at radius 3 is 2.32 bits per heavy atom. The smallest absolute Gasteiger partial charge is 0.329 e. The van der Waals surface area contributed by atoms with E-state index in [0.29, 0.717) is 83.6 Å². The minimum absolute atomic E-state index is 0.00616. The normalized spacial score (nSPS) is 36.6. The van der Waals surface area contributed by atoms with Gasteiger partial charge in [0.05, 0.1) is 64.1 Å². The van der Waals surface area contributed by atoms with Gasteiger partial charge in [0.2, 0.25) is 5.79 Å². The predicted octanol–water partition coefficient (Wildman–Crippen LogP) is 6.64. The molecule has 5 aliphatic rings. The summed E-state index contributed by atoms with van der Waals surface area (Å²) in [5, 5.41) is 23.8. The van der Waals surface area contributed by atoms with Gasteiger partial charge in [0, 0.05) is 58.5 Å². The number of hydrogen-bond donors (Lipinski definition) is 2. The van der Waals surface area contributed by atoms with Gasteiger partial charge >= 0.3 is 5.97 Å². The minimum atomic E-state index is -2.48. The van der Waals surface area contributed by atoms with Crippen molar-refractivity contribution in [3.8, 4) is 0 Å². The van der Waals surface area contributed by atoms with Gasteiger partial charge in [-0.1, -0.05) is 71.1 Å². The zero-order valence-corrected chi connectivity index (χ0v) is 46.6. The molecule has 17 heteroatoms.